The minimum Gasteiger partial charge on any atom is -0.462 e. The predicted octanol–water partition coefficient (Wildman–Crippen LogP) is 5.24. The molecule has 128 valence electrons. The SMILES string of the molecule is CC(C)(CCOC(=O)c1ccccc1)c1sc2ccccc2c1C=O. The van der Waals surface area contributed by atoms with Crippen LogP contribution in [0.2, 0.25) is 0 Å². The normalized spacial score (nSPS) is 11.4. The third-order valence-corrected chi connectivity index (χ3v) is 5.89. The van der Waals surface area contributed by atoms with E-state index < -0.39 is 0 Å². The zero-order valence-corrected chi connectivity index (χ0v) is 15.1. The predicted molar refractivity (Wildman–Crippen MR) is 102 cm³/mol. The maximum atomic E-state index is 12.1. The van der Waals surface area contributed by atoms with Gasteiger partial charge in [0.2, 0.25) is 0 Å². The van der Waals surface area contributed by atoms with E-state index >= 15 is 0 Å². The highest BCUT2D eigenvalue weighted by atomic mass is 32.1. The molecule has 0 bridgehead atoms. The number of fused-ring (bicyclic) bond motifs is 1. The average molecular weight is 352 g/mol. The number of hydrogen-bond donors (Lipinski definition) is 0. The van der Waals surface area contributed by atoms with Gasteiger partial charge in [-0.25, -0.2) is 4.79 Å². The summed E-state index contributed by atoms with van der Waals surface area (Å²) in [6, 6.07) is 16.9. The first-order chi connectivity index (χ1) is 12.0. The molecule has 0 unspecified atom stereocenters. The van der Waals surface area contributed by atoms with Gasteiger partial charge in [-0.05, 0) is 24.6 Å². The van der Waals surface area contributed by atoms with Crippen LogP contribution in [0.3, 0.4) is 0 Å². The van der Waals surface area contributed by atoms with Gasteiger partial charge in [-0.3, -0.25) is 4.79 Å². The average Bonchev–Trinajstić information content (AvgIpc) is 3.02. The molecule has 0 fully saturated rings. The number of rotatable bonds is 6. The van der Waals surface area contributed by atoms with Gasteiger partial charge in [0.15, 0.2) is 6.29 Å². The van der Waals surface area contributed by atoms with Crippen LogP contribution < -0.4 is 0 Å². The second kappa shape index (κ2) is 7.19. The first kappa shape index (κ1) is 17.4. The molecule has 0 radical (unpaired) electrons. The second-order valence-electron chi connectivity index (χ2n) is 6.59. The fourth-order valence-corrected chi connectivity index (χ4v) is 4.16. The number of carbonyl (C=O) groups is 2. The van der Waals surface area contributed by atoms with Gasteiger partial charge < -0.3 is 4.74 Å². The molecule has 0 atom stereocenters. The monoisotopic (exact) mass is 352 g/mol. The molecule has 0 saturated heterocycles. The van der Waals surface area contributed by atoms with Crippen molar-refractivity contribution in [3.8, 4) is 0 Å². The highest BCUT2D eigenvalue weighted by Gasteiger charge is 2.27. The number of aldehydes is 1. The van der Waals surface area contributed by atoms with Crippen LogP contribution >= 0.6 is 11.3 Å². The van der Waals surface area contributed by atoms with E-state index in [1.165, 1.54) is 0 Å². The fourth-order valence-electron chi connectivity index (χ4n) is 2.86. The van der Waals surface area contributed by atoms with Crippen LogP contribution in [0.25, 0.3) is 10.1 Å². The quantitative estimate of drug-likeness (QED) is 0.450. The van der Waals surface area contributed by atoms with Gasteiger partial charge in [-0.15, -0.1) is 11.3 Å². The van der Waals surface area contributed by atoms with Crippen LogP contribution in [-0.4, -0.2) is 18.9 Å². The second-order valence-corrected chi connectivity index (χ2v) is 7.65. The molecule has 25 heavy (non-hydrogen) atoms. The van der Waals surface area contributed by atoms with E-state index in [1.807, 2.05) is 42.5 Å². The number of ether oxygens (including phenoxy) is 1. The molecule has 0 saturated carbocycles. The molecule has 3 rings (SSSR count). The minimum absolute atomic E-state index is 0.253. The van der Waals surface area contributed by atoms with Crippen LogP contribution in [-0.2, 0) is 10.2 Å². The van der Waals surface area contributed by atoms with Crippen molar-refractivity contribution in [1.29, 1.82) is 0 Å². The lowest BCUT2D eigenvalue weighted by atomic mass is 9.85. The van der Waals surface area contributed by atoms with E-state index in [0.717, 1.165) is 26.8 Å². The third kappa shape index (κ3) is 3.64. The Morgan fingerprint density at radius 2 is 1.76 bits per heavy atom. The summed E-state index contributed by atoms with van der Waals surface area (Å²) in [5.74, 6) is -0.316. The Balaban J connectivity index is 1.74. The van der Waals surface area contributed by atoms with Crippen LogP contribution in [0, 0.1) is 0 Å². The van der Waals surface area contributed by atoms with E-state index in [9.17, 15) is 9.59 Å². The van der Waals surface area contributed by atoms with E-state index in [2.05, 4.69) is 13.8 Å². The highest BCUT2D eigenvalue weighted by molar-refractivity contribution is 7.19. The standard InChI is InChI=1S/C21H20O3S/c1-21(2,12-13-24-20(23)15-8-4-3-5-9-15)19-17(14-22)16-10-6-7-11-18(16)25-19/h3-11,14H,12-13H2,1-2H3. The zero-order valence-electron chi connectivity index (χ0n) is 14.3. The molecular formula is C21H20O3S. The highest BCUT2D eigenvalue weighted by Crippen LogP contribution is 2.39. The third-order valence-electron chi connectivity index (χ3n) is 4.34. The maximum Gasteiger partial charge on any atom is 0.338 e. The van der Waals surface area contributed by atoms with Crippen LogP contribution in [0.4, 0.5) is 0 Å². The molecule has 3 nitrogen and oxygen atoms in total. The van der Waals surface area contributed by atoms with Crippen LogP contribution in [0.1, 0.15) is 45.9 Å². The molecule has 0 amide bonds. The summed E-state index contributed by atoms with van der Waals surface area (Å²) in [6.45, 7) is 4.48. The number of thiophene rings is 1. The van der Waals surface area contributed by atoms with Gasteiger partial charge in [0.05, 0.1) is 12.2 Å². The Labute approximate surface area is 151 Å². The van der Waals surface area contributed by atoms with Gasteiger partial charge >= 0.3 is 5.97 Å². The molecule has 0 N–H and O–H groups in total. The molecule has 0 aliphatic rings. The van der Waals surface area contributed by atoms with E-state index in [4.69, 9.17) is 4.74 Å². The van der Waals surface area contributed by atoms with Gasteiger partial charge in [0.25, 0.3) is 0 Å². The van der Waals surface area contributed by atoms with Crippen LogP contribution in [0.15, 0.2) is 54.6 Å². The number of hydrogen-bond acceptors (Lipinski definition) is 4. The minimum atomic E-state index is -0.316. The van der Waals surface area contributed by atoms with E-state index in [-0.39, 0.29) is 11.4 Å². The molecule has 1 heterocycles. The van der Waals surface area contributed by atoms with Crippen molar-refractivity contribution in [2.75, 3.05) is 6.61 Å². The van der Waals surface area contributed by atoms with Crippen molar-refractivity contribution in [2.24, 2.45) is 0 Å². The lowest BCUT2D eigenvalue weighted by Crippen LogP contribution is -2.21. The summed E-state index contributed by atoms with van der Waals surface area (Å²) >= 11 is 1.64. The van der Waals surface area contributed by atoms with Gasteiger partial charge in [0.1, 0.15) is 0 Å². The summed E-state index contributed by atoms with van der Waals surface area (Å²) in [4.78, 5) is 24.7. The topological polar surface area (TPSA) is 43.4 Å². The Bertz CT molecular complexity index is 894. The zero-order chi connectivity index (χ0) is 17.9. The van der Waals surface area contributed by atoms with Crippen molar-refractivity contribution in [3.05, 3.63) is 70.6 Å². The molecular weight excluding hydrogens is 332 g/mol. The van der Waals surface area contributed by atoms with Gasteiger partial charge in [0, 0.05) is 25.9 Å². The Morgan fingerprint density at radius 1 is 1.08 bits per heavy atom. The lowest BCUT2D eigenvalue weighted by molar-refractivity contribution is 0.0480. The molecule has 0 aliphatic carbocycles. The summed E-state index contributed by atoms with van der Waals surface area (Å²) in [5.41, 5.74) is 1.05. The number of benzene rings is 2. The van der Waals surface area contributed by atoms with Crippen molar-refractivity contribution in [3.63, 3.8) is 0 Å². The van der Waals surface area contributed by atoms with E-state index in [0.29, 0.717) is 18.6 Å². The lowest BCUT2D eigenvalue weighted by Gasteiger charge is -2.24. The molecule has 4 heteroatoms. The van der Waals surface area contributed by atoms with Crippen molar-refractivity contribution in [2.45, 2.75) is 25.7 Å². The number of carbonyl (C=O) groups excluding carboxylic acids is 2. The Morgan fingerprint density at radius 3 is 2.48 bits per heavy atom. The van der Waals surface area contributed by atoms with E-state index in [1.54, 1.807) is 23.5 Å². The molecule has 0 aliphatic heterocycles. The van der Waals surface area contributed by atoms with Crippen LogP contribution in [0.5, 0.6) is 0 Å². The van der Waals surface area contributed by atoms with Gasteiger partial charge in [-0.1, -0.05) is 50.2 Å². The Hall–Kier alpha value is -2.46. The van der Waals surface area contributed by atoms with Gasteiger partial charge in [-0.2, -0.15) is 0 Å². The summed E-state index contributed by atoms with van der Waals surface area (Å²) in [6.07, 6.45) is 1.59. The molecule has 1 aromatic heterocycles. The maximum absolute atomic E-state index is 12.1. The summed E-state index contributed by atoms with van der Waals surface area (Å²) < 4.78 is 6.52. The summed E-state index contributed by atoms with van der Waals surface area (Å²) in [5, 5.41) is 0.992. The largest absolute Gasteiger partial charge is 0.462 e. The number of esters is 1. The van der Waals surface area contributed by atoms with Crippen molar-refractivity contribution < 1.29 is 14.3 Å². The first-order valence-corrected chi connectivity index (χ1v) is 9.04. The summed E-state index contributed by atoms with van der Waals surface area (Å²) in [7, 11) is 0. The molecule has 0 spiro atoms. The van der Waals surface area contributed by atoms with Crippen molar-refractivity contribution >= 4 is 33.7 Å². The smallest absolute Gasteiger partial charge is 0.338 e. The molecule has 3 aromatic rings. The van der Waals surface area contributed by atoms with Crippen molar-refractivity contribution in [1.82, 2.24) is 0 Å². The first-order valence-electron chi connectivity index (χ1n) is 8.22. The fraction of sp³-hybridized carbons (Fsp3) is 0.238. The molecule has 2 aromatic carbocycles. The Kier molecular flexibility index (Phi) is 5.00.